The zero-order chi connectivity index (χ0) is 18.8. The molecule has 5 rings (SSSR count). The van der Waals surface area contributed by atoms with Crippen LogP contribution >= 0.6 is 0 Å². The van der Waals surface area contributed by atoms with Crippen LogP contribution in [0.5, 0.6) is 23.0 Å². The van der Waals surface area contributed by atoms with E-state index >= 15 is 0 Å². The van der Waals surface area contributed by atoms with Gasteiger partial charge in [0, 0.05) is 23.1 Å². The summed E-state index contributed by atoms with van der Waals surface area (Å²) in [5, 5.41) is 12.2. The van der Waals surface area contributed by atoms with Crippen molar-refractivity contribution in [3.05, 3.63) is 47.7 Å². The van der Waals surface area contributed by atoms with Crippen LogP contribution in [-0.2, 0) is 5.60 Å². The van der Waals surface area contributed by atoms with E-state index < -0.39 is 17.5 Å². The molecule has 2 aromatic carbocycles. The molecule has 3 heterocycles. The van der Waals surface area contributed by atoms with Crippen molar-refractivity contribution in [1.29, 1.82) is 0 Å². The minimum atomic E-state index is -1.89. The average Bonchev–Trinajstić information content (AvgIpc) is 3.14. The Kier molecular flexibility index (Phi) is 3.21. The molecule has 2 aliphatic heterocycles. The molecule has 27 heavy (non-hydrogen) atoms. The van der Waals surface area contributed by atoms with Crippen LogP contribution < -0.4 is 18.9 Å². The Morgan fingerprint density at radius 3 is 2.67 bits per heavy atom. The van der Waals surface area contributed by atoms with Crippen LogP contribution in [0.15, 0.2) is 41.0 Å². The predicted molar refractivity (Wildman–Crippen MR) is 93.9 cm³/mol. The molecule has 138 valence electrons. The summed E-state index contributed by atoms with van der Waals surface area (Å²) in [7, 11) is 2.99. The molecule has 0 saturated heterocycles. The van der Waals surface area contributed by atoms with E-state index in [1.807, 2.05) is 0 Å². The van der Waals surface area contributed by atoms with Crippen molar-refractivity contribution in [2.75, 3.05) is 20.8 Å². The molecule has 2 atom stereocenters. The number of furan rings is 1. The summed E-state index contributed by atoms with van der Waals surface area (Å²) in [6.45, 7) is 0.0142. The average molecular weight is 368 g/mol. The highest BCUT2D eigenvalue weighted by Gasteiger charge is 2.56. The van der Waals surface area contributed by atoms with E-state index in [0.717, 1.165) is 5.39 Å². The van der Waals surface area contributed by atoms with E-state index in [9.17, 15) is 9.90 Å². The van der Waals surface area contributed by atoms with Crippen molar-refractivity contribution >= 4 is 16.8 Å². The molecular weight excluding hydrogens is 352 g/mol. The van der Waals surface area contributed by atoms with Crippen LogP contribution in [0.2, 0.25) is 0 Å². The van der Waals surface area contributed by atoms with Crippen LogP contribution in [0.1, 0.15) is 15.9 Å². The van der Waals surface area contributed by atoms with E-state index in [2.05, 4.69) is 0 Å². The van der Waals surface area contributed by atoms with Gasteiger partial charge in [0.25, 0.3) is 0 Å². The molecule has 0 bridgehead atoms. The van der Waals surface area contributed by atoms with Crippen LogP contribution in [-0.4, -0.2) is 37.8 Å². The van der Waals surface area contributed by atoms with Crippen molar-refractivity contribution in [3.8, 4) is 23.0 Å². The largest absolute Gasteiger partial charge is 0.493 e. The molecule has 3 aromatic rings. The summed E-state index contributed by atoms with van der Waals surface area (Å²) in [4.78, 5) is 13.4. The number of rotatable bonds is 2. The highest BCUT2D eigenvalue weighted by molar-refractivity contribution is 6.09. The number of carbonyl (C=O) groups excluding carboxylic acids is 1. The first kappa shape index (κ1) is 16.0. The second kappa shape index (κ2) is 5.40. The van der Waals surface area contributed by atoms with Crippen LogP contribution in [0.4, 0.5) is 0 Å². The Balaban J connectivity index is 1.72. The number of fused-ring (bicyclic) bond motifs is 5. The van der Waals surface area contributed by atoms with Gasteiger partial charge in [0.15, 0.2) is 23.2 Å². The van der Waals surface area contributed by atoms with Crippen molar-refractivity contribution in [1.82, 2.24) is 0 Å². The number of Topliss-reactive ketones (excluding diaryl/α,β-unsaturated/α-hetero) is 1. The Labute approximate surface area is 154 Å². The Hall–Kier alpha value is -3.19. The van der Waals surface area contributed by atoms with Crippen molar-refractivity contribution in [2.24, 2.45) is 0 Å². The van der Waals surface area contributed by atoms with Gasteiger partial charge in [-0.25, -0.2) is 0 Å². The Morgan fingerprint density at radius 1 is 1.11 bits per heavy atom. The standard InChI is InChI=1S/C20H16O7/c1-23-16-6-12-15(8-17(16)24-2)26-9-18-20(12,22)19(21)11-5-10-3-4-25-13(10)7-14(11)27-18/h3-8,18,22H,9H2,1-2H3/t18-,20-/m1/s1. The molecular formula is C20H16O7. The predicted octanol–water partition coefficient (Wildman–Crippen LogP) is 2.67. The second-order valence-electron chi connectivity index (χ2n) is 6.52. The summed E-state index contributed by atoms with van der Waals surface area (Å²) in [6, 6.07) is 8.24. The van der Waals surface area contributed by atoms with Gasteiger partial charge in [-0.15, -0.1) is 0 Å². The van der Waals surface area contributed by atoms with Gasteiger partial charge in [-0.2, -0.15) is 0 Å². The Morgan fingerprint density at radius 2 is 1.89 bits per heavy atom. The second-order valence-corrected chi connectivity index (χ2v) is 6.52. The van der Waals surface area contributed by atoms with Gasteiger partial charge >= 0.3 is 0 Å². The smallest absolute Gasteiger partial charge is 0.206 e. The lowest BCUT2D eigenvalue weighted by atomic mass is 9.77. The van der Waals surface area contributed by atoms with Crippen molar-refractivity contribution < 1.29 is 33.3 Å². The summed E-state index contributed by atoms with van der Waals surface area (Å²) in [5.41, 5.74) is -0.697. The number of carbonyl (C=O) groups is 1. The fraction of sp³-hybridized carbons (Fsp3) is 0.250. The maximum absolute atomic E-state index is 13.4. The van der Waals surface area contributed by atoms with Gasteiger partial charge in [0.1, 0.15) is 23.7 Å². The van der Waals surface area contributed by atoms with Gasteiger partial charge in [-0.3, -0.25) is 4.79 Å². The molecule has 0 aliphatic carbocycles. The minimum absolute atomic E-state index is 0.0142. The fourth-order valence-electron chi connectivity index (χ4n) is 3.75. The number of aliphatic hydroxyl groups is 1. The van der Waals surface area contributed by atoms with Crippen molar-refractivity contribution in [3.63, 3.8) is 0 Å². The summed E-state index contributed by atoms with van der Waals surface area (Å²) >= 11 is 0. The third kappa shape index (κ3) is 2.03. The number of methoxy groups -OCH3 is 2. The normalized spacial score (nSPS) is 22.9. The van der Waals surface area contributed by atoms with Gasteiger partial charge in [-0.1, -0.05) is 0 Å². The SMILES string of the molecule is COc1cc2c(cc1OC)[C@]1(O)C(=O)c3cc4ccoc4cc3O[C@@H]1CO2. The number of ketones is 1. The van der Waals surface area contributed by atoms with Crippen molar-refractivity contribution in [2.45, 2.75) is 11.7 Å². The quantitative estimate of drug-likeness (QED) is 0.744. The van der Waals surface area contributed by atoms with Crippen LogP contribution in [0.25, 0.3) is 11.0 Å². The van der Waals surface area contributed by atoms with E-state index in [1.54, 1.807) is 30.3 Å². The third-order valence-electron chi connectivity index (χ3n) is 5.17. The van der Waals surface area contributed by atoms with Crippen LogP contribution in [0, 0.1) is 0 Å². The lowest BCUT2D eigenvalue weighted by Gasteiger charge is -2.43. The molecule has 7 nitrogen and oxygen atoms in total. The number of hydrogen-bond acceptors (Lipinski definition) is 7. The number of hydrogen-bond donors (Lipinski definition) is 1. The van der Waals surface area contributed by atoms with E-state index in [1.165, 1.54) is 20.5 Å². The Bertz CT molecular complexity index is 1080. The highest BCUT2D eigenvalue weighted by atomic mass is 16.6. The lowest BCUT2D eigenvalue weighted by Crippen LogP contribution is -2.57. The summed E-state index contributed by atoms with van der Waals surface area (Å²) < 4.78 is 27.7. The third-order valence-corrected chi connectivity index (χ3v) is 5.17. The number of ether oxygens (including phenoxy) is 4. The summed E-state index contributed by atoms with van der Waals surface area (Å²) in [6.07, 6.45) is 0.647. The van der Waals surface area contributed by atoms with Gasteiger partial charge < -0.3 is 28.5 Å². The van der Waals surface area contributed by atoms with Gasteiger partial charge in [0.2, 0.25) is 5.78 Å². The van der Waals surface area contributed by atoms with Gasteiger partial charge in [0.05, 0.1) is 26.0 Å². The molecule has 0 unspecified atom stereocenters. The molecule has 0 fully saturated rings. The molecule has 1 aromatic heterocycles. The van der Waals surface area contributed by atoms with E-state index in [4.69, 9.17) is 23.4 Å². The fourth-order valence-corrected chi connectivity index (χ4v) is 3.75. The lowest BCUT2D eigenvalue weighted by molar-refractivity contribution is -0.0799. The first-order valence-corrected chi connectivity index (χ1v) is 8.40. The topological polar surface area (TPSA) is 87.4 Å². The molecule has 2 aliphatic rings. The zero-order valence-electron chi connectivity index (χ0n) is 14.6. The minimum Gasteiger partial charge on any atom is -0.493 e. The molecule has 7 heteroatoms. The first-order valence-electron chi connectivity index (χ1n) is 8.40. The number of benzene rings is 2. The molecule has 1 N–H and O–H groups in total. The molecule has 0 spiro atoms. The maximum atomic E-state index is 13.4. The molecule has 0 radical (unpaired) electrons. The van der Waals surface area contributed by atoms with Crippen LogP contribution in [0.3, 0.4) is 0 Å². The van der Waals surface area contributed by atoms with E-state index in [0.29, 0.717) is 39.7 Å². The molecule has 0 amide bonds. The first-order chi connectivity index (χ1) is 13.1. The summed E-state index contributed by atoms with van der Waals surface area (Å²) in [5.74, 6) is 1.11. The van der Waals surface area contributed by atoms with Gasteiger partial charge in [-0.05, 0) is 18.2 Å². The highest BCUT2D eigenvalue weighted by Crippen LogP contribution is 2.49. The zero-order valence-corrected chi connectivity index (χ0v) is 14.6. The van der Waals surface area contributed by atoms with E-state index in [-0.39, 0.29) is 6.61 Å². The molecule has 0 saturated carbocycles. The monoisotopic (exact) mass is 368 g/mol. The maximum Gasteiger partial charge on any atom is 0.206 e.